The Labute approximate surface area is 105 Å². The van der Waals surface area contributed by atoms with Gasteiger partial charge in [0.15, 0.2) is 9.84 Å². The van der Waals surface area contributed by atoms with Gasteiger partial charge in [0.05, 0.1) is 10.3 Å². The van der Waals surface area contributed by atoms with E-state index in [1.54, 1.807) is 12.1 Å². The van der Waals surface area contributed by atoms with Crippen LogP contribution in [0.25, 0.3) is 6.08 Å². The van der Waals surface area contributed by atoms with Gasteiger partial charge in [-0.15, -0.1) is 0 Å². The number of carboxylic acid groups (broad SMARTS) is 1. The minimum Gasteiger partial charge on any atom is -0.481 e. The highest BCUT2D eigenvalue weighted by atomic mass is 32.2. The van der Waals surface area contributed by atoms with Crippen LogP contribution in [0.2, 0.25) is 0 Å². The van der Waals surface area contributed by atoms with Crippen LogP contribution in [0.5, 0.6) is 0 Å². The SMILES string of the molecule is O=C(O)C1(c2ccc3c(c2)C=CS3(=O)=O)CCC1. The number of rotatable bonds is 2. The molecule has 1 aliphatic heterocycles. The van der Waals surface area contributed by atoms with E-state index in [1.807, 2.05) is 0 Å². The monoisotopic (exact) mass is 264 g/mol. The van der Waals surface area contributed by atoms with Gasteiger partial charge in [0.2, 0.25) is 0 Å². The smallest absolute Gasteiger partial charge is 0.314 e. The average Bonchev–Trinajstić information content (AvgIpc) is 2.52. The van der Waals surface area contributed by atoms with E-state index in [1.165, 1.54) is 12.1 Å². The second-order valence-electron chi connectivity index (χ2n) is 4.84. The number of aliphatic carboxylic acids is 1. The van der Waals surface area contributed by atoms with Crippen LogP contribution in [0.1, 0.15) is 30.4 Å². The van der Waals surface area contributed by atoms with E-state index in [0.717, 1.165) is 11.8 Å². The third-order valence-corrected chi connectivity index (χ3v) is 5.39. The van der Waals surface area contributed by atoms with Crippen molar-refractivity contribution in [3.05, 3.63) is 34.7 Å². The lowest BCUT2D eigenvalue weighted by Gasteiger charge is -2.38. The molecule has 1 heterocycles. The summed E-state index contributed by atoms with van der Waals surface area (Å²) in [4.78, 5) is 11.7. The van der Waals surface area contributed by atoms with Crippen molar-refractivity contribution in [1.82, 2.24) is 0 Å². The molecular formula is C13H12O4S. The fourth-order valence-electron chi connectivity index (χ4n) is 2.63. The normalized spacial score (nSPS) is 22.2. The van der Waals surface area contributed by atoms with E-state index in [0.29, 0.717) is 24.0 Å². The van der Waals surface area contributed by atoms with Crippen LogP contribution in [-0.4, -0.2) is 19.5 Å². The molecule has 1 N–H and O–H groups in total. The minimum absolute atomic E-state index is 0.270. The quantitative estimate of drug-likeness (QED) is 0.886. The molecule has 3 rings (SSSR count). The van der Waals surface area contributed by atoms with Crippen LogP contribution in [0.3, 0.4) is 0 Å². The Balaban J connectivity index is 2.13. The number of hydrogen-bond acceptors (Lipinski definition) is 3. The van der Waals surface area contributed by atoms with Crippen LogP contribution >= 0.6 is 0 Å². The molecule has 1 fully saturated rings. The van der Waals surface area contributed by atoms with Crippen molar-refractivity contribution in [3.63, 3.8) is 0 Å². The first kappa shape index (κ1) is 11.5. The summed E-state index contributed by atoms with van der Waals surface area (Å²) in [5.41, 5.74) is 0.497. The van der Waals surface area contributed by atoms with Crippen LogP contribution < -0.4 is 0 Å². The van der Waals surface area contributed by atoms with Gasteiger partial charge in [0.1, 0.15) is 0 Å². The maximum absolute atomic E-state index is 11.6. The Bertz CT molecular complexity index is 666. The van der Waals surface area contributed by atoms with Crippen molar-refractivity contribution in [2.45, 2.75) is 29.6 Å². The zero-order chi connectivity index (χ0) is 13.0. The molecule has 0 unspecified atom stereocenters. The lowest BCUT2D eigenvalue weighted by atomic mass is 9.64. The van der Waals surface area contributed by atoms with E-state index < -0.39 is 21.2 Å². The Hall–Kier alpha value is -1.62. The first-order chi connectivity index (χ1) is 8.46. The highest BCUT2D eigenvalue weighted by molar-refractivity contribution is 7.94. The molecule has 1 aromatic rings. The predicted molar refractivity (Wildman–Crippen MR) is 65.8 cm³/mol. The summed E-state index contributed by atoms with van der Waals surface area (Å²) >= 11 is 0. The van der Waals surface area contributed by atoms with Gasteiger partial charge in [-0.25, -0.2) is 8.42 Å². The summed E-state index contributed by atoms with van der Waals surface area (Å²) in [6, 6.07) is 4.85. The molecule has 1 saturated carbocycles. The molecule has 4 nitrogen and oxygen atoms in total. The molecule has 1 aliphatic carbocycles. The highest BCUT2D eigenvalue weighted by Gasteiger charge is 2.46. The fourth-order valence-corrected chi connectivity index (χ4v) is 3.81. The molecule has 18 heavy (non-hydrogen) atoms. The minimum atomic E-state index is -3.30. The topological polar surface area (TPSA) is 71.4 Å². The van der Waals surface area contributed by atoms with Gasteiger partial charge in [0, 0.05) is 5.41 Å². The summed E-state index contributed by atoms with van der Waals surface area (Å²) in [5.74, 6) is -0.821. The molecular weight excluding hydrogens is 252 g/mol. The van der Waals surface area contributed by atoms with E-state index in [2.05, 4.69) is 0 Å². The maximum Gasteiger partial charge on any atom is 0.314 e. The van der Waals surface area contributed by atoms with E-state index in [-0.39, 0.29) is 4.90 Å². The largest absolute Gasteiger partial charge is 0.481 e. The van der Waals surface area contributed by atoms with Crippen LogP contribution in [0.15, 0.2) is 28.5 Å². The summed E-state index contributed by atoms with van der Waals surface area (Å²) in [6.07, 6.45) is 3.68. The Morgan fingerprint density at radius 2 is 2.00 bits per heavy atom. The Kier molecular flexibility index (Phi) is 2.20. The van der Waals surface area contributed by atoms with Crippen LogP contribution in [-0.2, 0) is 20.0 Å². The third kappa shape index (κ3) is 1.37. The van der Waals surface area contributed by atoms with Gasteiger partial charge in [-0.1, -0.05) is 12.5 Å². The third-order valence-electron chi connectivity index (χ3n) is 3.91. The van der Waals surface area contributed by atoms with Gasteiger partial charge in [-0.05, 0) is 42.2 Å². The van der Waals surface area contributed by atoms with Gasteiger partial charge in [0.25, 0.3) is 0 Å². The van der Waals surface area contributed by atoms with Crippen molar-refractivity contribution in [3.8, 4) is 0 Å². The van der Waals surface area contributed by atoms with E-state index >= 15 is 0 Å². The molecule has 0 saturated heterocycles. The maximum atomic E-state index is 11.6. The molecule has 0 spiro atoms. The van der Waals surface area contributed by atoms with E-state index in [4.69, 9.17) is 0 Å². The first-order valence-corrected chi connectivity index (χ1v) is 7.31. The van der Waals surface area contributed by atoms with Gasteiger partial charge < -0.3 is 5.11 Å². The standard InChI is InChI=1S/C13H12O4S/c14-12(15)13(5-1-6-13)10-2-3-11-9(8-10)4-7-18(11,16)17/h2-4,7-8H,1,5-6H2,(H,14,15). The molecule has 0 atom stereocenters. The van der Waals surface area contributed by atoms with Crippen LogP contribution in [0, 0.1) is 0 Å². The van der Waals surface area contributed by atoms with E-state index in [9.17, 15) is 18.3 Å². The molecule has 0 bridgehead atoms. The zero-order valence-electron chi connectivity index (χ0n) is 9.59. The lowest BCUT2D eigenvalue weighted by Crippen LogP contribution is -2.42. The number of sulfone groups is 1. The molecule has 5 heteroatoms. The van der Waals surface area contributed by atoms with Gasteiger partial charge in [-0.2, -0.15) is 0 Å². The summed E-state index contributed by atoms with van der Waals surface area (Å²) in [6.45, 7) is 0. The number of fused-ring (bicyclic) bond motifs is 1. The molecule has 2 aliphatic rings. The molecule has 94 valence electrons. The van der Waals surface area contributed by atoms with Crippen LogP contribution in [0.4, 0.5) is 0 Å². The Morgan fingerprint density at radius 1 is 1.28 bits per heavy atom. The van der Waals surface area contributed by atoms with Crippen molar-refractivity contribution in [1.29, 1.82) is 0 Å². The van der Waals surface area contributed by atoms with Crippen molar-refractivity contribution >= 4 is 21.9 Å². The van der Waals surface area contributed by atoms with Crippen molar-refractivity contribution < 1.29 is 18.3 Å². The fraction of sp³-hybridized carbons (Fsp3) is 0.308. The molecule has 0 radical (unpaired) electrons. The average molecular weight is 264 g/mol. The number of benzene rings is 1. The van der Waals surface area contributed by atoms with Crippen molar-refractivity contribution in [2.24, 2.45) is 0 Å². The zero-order valence-corrected chi connectivity index (χ0v) is 10.4. The number of carbonyl (C=O) groups is 1. The first-order valence-electron chi connectivity index (χ1n) is 5.77. The van der Waals surface area contributed by atoms with Crippen molar-refractivity contribution in [2.75, 3.05) is 0 Å². The number of hydrogen-bond donors (Lipinski definition) is 1. The predicted octanol–water partition coefficient (Wildman–Crippen LogP) is 1.95. The molecule has 0 aromatic heterocycles. The second-order valence-corrected chi connectivity index (χ2v) is 6.64. The summed E-state index contributed by atoms with van der Waals surface area (Å²) in [7, 11) is -3.30. The highest BCUT2D eigenvalue weighted by Crippen LogP contribution is 2.45. The van der Waals surface area contributed by atoms with Gasteiger partial charge >= 0.3 is 5.97 Å². The summed E-state index contributed by atoms with van der Waals surface area (Å²) < 4.78 is 23.3. The lowest BCUT2D eigenvalue weighted by molar-refractivity contribution is -0.147. The van der Waals surface area contributed by atoms with Gasteiger partial charge in [-0.3, -0.25) is 4.79 Å². The summed E-state index contributed by atoms with van der Waals surface area (Å²) in [5, 5.41) is 10.5. The molecule has 0 amide bonds. The second kappa shape index (κ2) is 3.45. The molecule has 1 aromatic carbocycles. The Morgan fingerprint density at radius 3 is 2.56 bits per heavy atom. The number of carboxylic acids is 1.